The number of carbonyl (C=O) groups excluding carboxylic acids is 1. The predicted octanol–water partition coefficient (Wildman–Crippen LogP) is 5.54. The van der Waals surface area contributed by atoms with Crippen molar-refractivity contribution in [3.8, 4) is 0 Å². The molecule has 0 atom stereocenters. The largest absolute Gasteiger partial charge is 0.324 e. The Bertz CT molecular complexity index is 910. The van der Waals surface area contributed by atoms with Crippen LogP contribution in [0.15, 0.2) is 54.7 Å². The molecular weight excluding hydrogens is 383 g/mol. The summed E-state index contributed by atoms with van der Waals surface area (Å²) in [6.07, 6.45) is 1.75. The van der Waals surface area contributed by atoms with Crippen LogP contribution in [0.3, 0.4) is 0 Å². The summed E-state index contributed by atoms with van der Waals surface area (Å²) in [7, 11) is 0. The highest BCUT2D eigenvalue weighted by atomic mass is 35.5. The first-order valence-electron chi connectivity index (χ1n) is 7.30. The molecule has 5 nitrogen and oxygen atoms in total. The Labute approximate surface area is 159 Å². The number of halogens is 3. The fourth-order valence-electron chi connectivity index (χ4n) is 2.19. The number of aromatic nitrogens is 2. The first-order chi connectivity index (χ1) is 12.0. The van der Waals surface area contributed by atoms with Crippen molar-refractivity contribution in [1.29, 1.82) is 0 Å². The maximum Gasteiger partial charge on any atom is 0.324 e. The normalized spacial score (nSPS) is 10.5. The number of anilines is 2. The van der Waals surface area contributed by atoms with Crippen molar-refractivity contribution in [2.45, 2.75) is 6.54 Å². The molecule has 0 bridgehead atoms. The van der Waals surface area contributed by atoms with Crippen LogP contribution in [0.4, 0.5) is 16.3 Å². The molecule has 2 aromatic carbocycles. The molecule has 128 valence electrons. The summed E-state index contributed by atoms with van der Waals surface area (Å²) in [6, 6.07) is 13.5. The quantitative estimate of drug-likeness (QED) is 0.609. The van der Waals surface area contributed by atoms with Gasteiger partial charge in [-0.25, -0.2) is 4.79 Å². The van der Waals surface area contributed by atoms with Gasteiger partial charge in [-0.2, -0.15) is 5.10 Å². The number of hydrogen-bond donors (Lipinski definition) is 2. The van der Waals surface area contributed by atoms with Crippen LogP contribution < -0.4 is 10.6 Å². The van der Waals surface area contributed by atoms with E-state index < -0.39 is 6.03 Å². The van der Waals surface area contributed by atoms with Gasteiger partial charge in [0.1, 0.15) is 0 Å². The van der Waals surface area contributed by atoms with Gasteiger partial charge in [0, 0.05) is 33.0 Å². The highest BCUT2D eigenvalue weighted by molar-refractivity contribution is 6.35. The molecule has 0 radical (unpaired) electrons. The topological polar surface area (TPSA) is 59.0 Å². The summed E-state index contributed by atoms with van der Waals surface area (Å²) in [5.41, 5.74) is 1.47. The summed E-state index contributed by atoms with van der Waals surface area (Å²) < 4.78 is 1.67. The number of nitrogens with zero attached hydrogens (tertiary/aromatic N) is 2. The molecule has 0 saturated heterocycles. The Morgan fingerprint density at radius 2 is 1.80 bits per heavy atom. The second kappa shape index (κ2) is 7.78. The third-order valence-electron chi connectivity index (χ3n) is 3.31. The smallest absolute Gasteiger partial charge is 0.308 e. The van der Waals surface area contributed by atoms with Gasteiger partial charge in [0.2, 0.25) is 0 Å². The molecule has 0 unspecified atom stereocenters. The number of amides is 2. The molecule has 2 N–H and O–H groups in total. The number of nitrogens with one attached hydrogen (secondary N) is 2. The zero-order valence-corrected chi connectivity index (χ0v) is 15.1. The van der Waals surface area contributed by atoms with E-state index in [1.54, 1.807) is 53.3 Å². The van der Waals surface area contributed by atoms with Crippen molar-refractivity contribution in [2.75, 3.05) is 10.6 Å². The molecule has 1 aromatic heterocycles. The van der Waals surface area contributed by atoms with Crippen LogP contribution in [-0.2, 0) is 6.54 Å². The Hall–Kier alpha value is -2.21. The maximum atomic E-state index is 12.0. The third kappa shape index (κ3) is 4.89. The van der Waals surface area contributed by atoms with E-state index in [0.29, 0.717) is 33.1 Å². The summed E-state index contributed by atoms with van der Waals surface area (Å²) in [5.74, 6) is 0.421. The number of carbonyl (C=O) groups is 1. The highest BCUT2D eigenvalue weighted by Gasteiger charge is 2.07. The van der Waals surface area contributed by atoms with Gasteiger partial charge in [-0.15, -0.1) is 0 Å². The van der Waals surface area contributed by atoms with E-state index in [1.807, 2.05) is 6.07 Å². The Kier molecular flexibility index (Phi) is 5.48. The fourth-order valence-corrected chi connectivity index (χ4v) is 2.84. The van der Waals surface area contributed by atoms with Gasteiger partial charge in [-0.05, 0) is 35.9 Å². The average molecular weight is 396 g/mol. The number of urea groups is 1. The molecule has 3 aromatic rings. The predicted molar refractivity (Wildman–Crippen MR) is 102 cm³/mol. The van der Waals surface area contributed by atoms with Crippen LogP contribution in [0.2, 0.25) is 15.1 Å². The van der Waals surface area contributed by atoms with Gasteiger partial charge >= 0.3 is 6.03 Å². The standard InChI is InChI=1S/C17H13Cl3N4O/c18-12-2-1-3-14(8-12)21-17(25)22-16-6-7-24(23-16)10-11-4-5-13(19)9-15(11)20/h1-9H,10H2,(H2,21,22,23,25). The molecule has 8 heteroatoms. The lowest BCUT2D eigenvalue weighted by Gasteiger charge is -2.06. The molecule has 0 spiro atoms. The zero-order valence-electron chi connectivity index (χ0n) is 12.8. The lowest BCUT2D eigenvalue weighted by atomic mass is 10.2. The van der Waals surface area contributed by atoms with E-state index in [-0.39, 0.29) is 0 Å². The second-order valence-electron chi connectivity index (χ2n) is 5.22. The monoisotopic (exact) mass is 394 g/mol. The molecule has 1 heterocycles. The molecule has 0 fully saturated rings. The number of benzene rings is 2. The second-order valence-corrected chi connectivity index (χ2v) is 6.50. The van der Waals surface area contributed by atoms with E-state index in [4.69, 9.17) is 34.8 Å². The highest BCUT2D eigenvalue weighted by Crippen LogP contribution is 2.22. The number of hydrogen-bond acceptors (Lipinski definition) is 2. The van der Waals surface area contributed by atoms with Crippen molar-refractivity contribution in [1.82, 2.24) is 9.78 Å². The fraction of sp³-hybridized carbons (Fsp3) is 0.0588. The van der Waals surface area contributed by atoms with E-state index in [1.165, 1.54) is 0 Å². The van der Waals surface area contributed by atoms with Crippen LogP contribution in [-0.4, -0.2) is 15.8 Å². The van der Waals surface area contributed by atoms with E-state index in [9.17, 15) is 4.79 Å². The molecule has 0 aliphatic heterocycles. The van der Waals surface area contributed by atoms with Crippen molar-refractivity contribution < 1.29 is 4.79 Å². The minimum atomic E-state index is -0.406. The lowest BCUT2D eigenvalue weighted by Crippen LogP contribution is -2.19. The first kappa shape index (κ1) is 17.6. The van der Waals surface area contributed by atoms with E-state index in [0.717, 1.165) is 5.56 Å². The van der Waals surface area contributed by atoms with Crippen LogP contribution >= 0.6 is 34.8 Å². The van der Waals surface area contributed by atoms with Crippen LogP contribution in [0, 0.1) is 0 Å². The van der Waals surface area contributed by atoms with Crippen LogP contribution in [0.5, 0.6) is 0 Å². The molecule has 2 amide bonds. The van der Waals surface area contributed by atoms with Gasteiger partial charge < -0.3 is 5.32 Å². The van der Waals surface area contributed by atoms with Gasteiger partial charge in [-0.3, -0.25) is 10.00 Å². The lowest BCUT2D eigenvalue weighted by molar-refractivity contribution is 0.262. The van der Waals surface area contributed by atoms with E-state index >= 15 is 0 Å². The molecule has 3 rings (SSSR count). The minimum absolute atomic E-state index is 0.406. The SMILES string of the molecule is O=C(Nc1cccc(Cl)c1)Nc1ccn(Cc2ccc(Cl)cc2Cl)n1. The maximum absolute atomic E-state index is 12.0. The third-order valence-corrected chi connectivity index (χ3v) is 4.13. The van der Waals surface area contributed by atoms with Crippen molar-refractivity contribution >= 4 is 52.3 Å². The molecular formula is C17H13Cl3N4O. The molecule has 0 aliphatic carbocycles. The van der Waals surface area contributed by atoms with Crippen molar-refractivity contribution in [2.24, 2.45) is 0 Å². The molecule has 0 saturated carbocycles. The van der Waals surface area contributed by atoms with Gasteiger partial charge in [0.15, 0.2) is 5.82 Å². The van der Waals surface area contributed by atoms with Crippen molar-refractivity contribution in [3.05, 3.63) is 75.4 Å². The molecule has 25 heavy (non-hydrogen) atoms. The van der Waals surface area contributed by atoms with Crippen molar-refractivity contribution in [3.63, 3.8) is 0 Å². The Balaban J connectivity index is 1.62. The van der Waals surface area contributed by atoms with Gasteiger partial charge in [0.25, 0.3) is 0 Å². The number of rotatable bonds is 4. The summed E-state index contributed by atoms with van der Waals surface area (Å²) in [6.45, 7) is 0.466. The van der Waals surface area contributed by atoms with E-state index in [2.05, 4.69) is 15.7 Å². The Morgan fingerprint density at radius 3 is 2.56 bits per heavy atom. The summed E-state index contributed by atoms with van der Waals surface area (Å²) in [5, 5.41) is 11.3. The minimum Gasteiger partial charge on any atom is -0.308 e. The summed E-state index contributed by atoms with van der Waals surface area (Å²) in [4.78, 5) is 12.0. The average Bonchev–Trinajstić information content (AvgIpc) is 2.97. The molecule has 0 aliphatic rings. The van der Waals surface area contributed by atoms with Gasteiger partial charge in [0.05, 0.1) is 6.54 Å². The zero-order chi connectivity index (χ0) is 17.8. The first-order valence-corrected chi connectivity index (χ1v) is 8.44. The van der Waals surface area contributed by atoms with Crippen LogP contribution in [0.1, 0.15) is 5.56 Å². The Morgan fingerprint density at radius 1 is 1.00 bits per heavy atom. The van der Waals surface area contributed by atoms with Gasteiger partial charge in [-0.1, -0.05) is 46.9 Å². The summed E-state index contributed by atoms with van der Waals surface area (Å²) >= 11 is 17.9. The van der Waals surface area contributed by atoms with Crippen LogP contribution in [0.25, 0.3) is 0 Å².